The molecular weight excluding hydrogens is 256 g/mol. The Balaban J connectivity index is 1.82. The minimum atomic E-state index is -0.202. The van der Waals surface area contributed by atoms with Gasteiger partial charge in [-0.15, -0.1) is 0 Å². The van der Waals surface area contributed by atoms with Crippen LogP contribution in [0.5, 0.6) is 0 Å². The largest absolute Gasteiger partial charge is 0.462 e. The van der Waals surface area contributed by atoms with Gasteiger partial charge >= 0.3 is 11.9 Å². The Morgan fingerprint density at radius 2 is 2.15 bits per heavy atom. The van der Waals surface area contributed by atoms with Gasteiger partial charge in [-0.3, -0.25) is 9.59 Å². The van der Waals surface area contributed by atoms with E-state index in [9.17, 15) is 9.59 Å². The van der Waals surface area contributed by atoms with E-state index >= 15 is 0 Å². The summed E-state index contributed by atoms with van der Waals surface area (Å²) >= 11 is 0. The Kier molecular flexibility index (Phi) is 3.30. The van der Waals surface area contributed by atoms with Crippen LogP contribution in [-0.4, -0.2) is 24.1 Å². The summed E-state index contributed by atoms with van der Waals surface area (Å²) in [6, 6.07) is 0. The first-order valence-electron chi connectivity index (χ1n) is 7.79. The zero-order chi connectivity index (χ0) is 14.5. The fourth-order valence-corrected chi connectivity index (χ4v) is 4.72. The number of hydrogen-bond acceptors (Lipinski definition) is 4. The fourth-order valence-electron chi connectivity index (χ4n) is 4.72. The van der Waals surface area contributed by atoms with Crippen LogP contribution in [-0.2, 0) is 19.1 Å². The highest BCUT2D eigenvalue weighted by Crippen LogP contribution is 2.56. The Hall–Kier alpha value is -1.06. The maximum absolute atomic E-state index is 12.1. The number of cyclic esters (lactones) is 1. The quantitative estimate of drug-likeness (QED) is 0.693. The first-order chi connectivity index (χ1) is 9.41. The smallest absolute Gasteiger partial charge is 0.309 e. The van der Waals surface area contributed by atoms with Crippen LogP contribution in [0.4, 0.5) is 0 Å². The maximum Gasteiger partial charge on any atom is 0.309 e. The molecule has 0 aromatic heterocycles. The van der Waals surface area contributed by atoms with Crippen LogP contribution in [0.1, 0.15) is 52.9 Å². The summed E-state index contributed by atoms with van der Waals surface area (Å²) in [6.45, 7) is 5.69. The van der Waals surface area contributed by atoms with Gasteiger partial charge in [-0.05, 0) is 50.9 Å². The van der Waals surface area contributed by atoms with Crippen molar-refractivity contribution in [2.75, 3.05) is 0 Å². The van der Waals surface area contributed by atoms with Crippen molar-refractivity contribution in [3.8, 4) is 0 Å². The van der Waals surface area contributed by atoms with Crippen molar-refractivity contribution in [1.82, 2.24) is 0 Å². The van der Waals surface area contributed by atoms with Crippen LogP contribution < -0.4 is 0 Å². The molecule has 6 atom stereocenters. The molecule has 0 amide bonds. The van der Waals surface area contributed by atoms with E-state index in [1.807, 2.05) is 6.92 Å². The zero-order valence-corrected chi connectivity index (χ0v) is 12.6. The average Bonchev–Trinajstić information content (AvgIpc) is 2.57. The van der Waals surface area contributed by atoms with E-state index in [0.717, 1.165) is 25.7 Å². The summed E-state index contributed by atoms with van der Waals surface area (Å²) in [5, 5.41) is 0. The molecule has 0 radical (unpaired) electrons. The molecule has 4 heteroatoms. The molecule has 1 aliphatic heterocycles. The molecule has 0 spiro atoms. The van der Waals surface area contributed by atoms with E-state index in [-0.39, 0.29) is 35.5 Å². The van der Waals surface area contributed by atoms with E-state index in [1.54, 1.807) is 0 Å². The van der Waals surface area contributed by atoms with Gasteiger partial charge in [0, 0.05) is 12.3 Å². The van der Waals surface area contributed by atoms with Crippen LogP contribution in [0.25, 0.3) is 0 Å². The van der Waals surface area contributed by atoms with Crippen molar-refractivity contribution in [3.63, 3.8) is 0 Å². The highest BCUT2D eigenvalue weighted by atomic mass is 16.6. The summed E-state index contributed by atoms with van der Waals surface area (Å²) in [5.74, 6) is 0.627. The predicted molar refractivity (Wildman–Crippen MR) is 72.8 cm³/mol. The normalized spacial score (nSPS) is 47.1. The maximum atomic E-state index is 12.1. The van der Waals surface area contributed by atoms with Gasteiger partial charge < -0.3 is 9.47 Å². The molecule has 3 fully saturated rings. The molecular formula is C16H24O4. The van der Waals surface area contributed by atoms with E-state index in [4.69, 9.17) is 9.47 Å². The molecule has 2 aliphatic carbocycles. The van der Waals surface area contributed by atoms with Gasteiger partial charge in [0.05, 0.1) is 5.92 Å². The summed E-state index contributed by atoms with van der Waals surface area (Å²) in [5.41, 5.74) is -0.0314. The molecule has 6 unspecified atom stereocenters. The third kappa shape index (κ3) is 2.04. The molecule has 4 nitrogen and oxygen atoms in total. The van der Waals surface area contributed by atoms with Gasteiger partial charge in [0.2, 0.25) is 0 Å². The summed E-state index contributed by atoms with van der Waals surface area (Å²) < 4.78 is 11.0. The van der Waals surface area contributed by atoms with E-state index < -0.39 is 0 Å². The van der Waals surface area contributed by atoms with Gasteiger partial charge in [-0.1, -0.05) is 6.92 Å². The van der Waals surface area contributed by atoms with Gasteiger partial charge in [-0.25, -0.2) is 0 Å². The second-order valence-corrected chi connectivity index (χ2v) is 7.08. The third-order valence-corrected chi connectivity index (χ3v) is 5.98. The van der Waals surface area contributed by atoms with Crippen molar-refractivity contribution in [3.05, 3.63) is 0 Å². The molecule has 0 N–H and O–H groups in total. The second kappa shape index (κ2) is 4.74. The molecule has 1 saturated heterocycles. The number of rotatable bonds is 1. The van der Waals surface area contributed by atoms with Gasteiger partial charge in [0.1, 0.15) is 12.2 Å². The minimum absolute atomic E-state index is 0.000457. The van der Waals surface area contributed by atoms with Crippen LogP contribution in [0.3, 0.4) is 0 Å². The predicted octanol–water partition coefficient (Wildman–Crippen LogP) is 2.70. The Labute approximate surface area is 120 Å². The van der Waals surface area contributed by atoms with Crippen molar-refractivity contribution < 1.29 is 19.1 Å². The van der Waals surface area contributed by atoms with Crippen LogP contribution >= 0.6 is 0 Å². The standard InChI is InChI=1S/C16H24O4/c1-9-16(3)8-11-5-4-6-14(20-10(2)17)12(11)7-13(16)15(18)19-9/h9,11-14H,4-8H2,1-3H3. The Bertz CT molecular complexity index is 432. The number of carbonyl (C=O) groups excluding carboxylic acids is 2. The fraction of sp³-hybridized carbons (Fsp3) is 0.875. The zero-order valence-electron chi connectivity index (χ0n) is 12.6. The summed E-state index contributed by atoms with van der Waals surface area (Å²) in [4.78, 5) is 23.4. The molecule has 3 aliphatic rings. The molecule has 0 aromatic rings. The number of fused-ring (bicyclic) bond motifs is 2. The minimum Gasteiger partial charge on any atom is -0.462 e. The lowest BCUT2D eigenvalue weighted by atomic mass is 9.56. The van der Waals surface area contributed by atoms with E-state index in [2.05, 4.69) is 6.92 Å². The molecule has 20 heavy (non-hydrogen) atoms. The molecule has 1 heterocycles. The Morgan fingerprint density at radius 3 is 2.85 bits per heavy atom. The number of carbonyl (C=O) groups is 2. The van der Waals surface area contributed by atoms with Crippen molar-refractivity contribution in [1.29, 1.82) is 0 Å². The van der Waals surface area contributed by atoms with Gasteiger partial charge in [-0.2, -0.15) is 0 Å². The first-order valence-corrected chi connectivity index (χ1v) is 7.79. The van der Waals surface area contributed by atoms with Crippen LogP contribution in [0.2, 0.25) is 0 Å². The summed E-state index contributed by atoms with van der Waals surface area (Å²) in [7, 11) is 0. The van der Waals surface area contributed by atoms with Crippen molar-refractivity contribution in [2.24, 2.45) is 23.2 Å². The molecule has 3 rings (SSSR count). The molecule has 0 aromatic carbocycles. The lowest BCUT2D eigenvalue weighted by Gasteiger charge is -2.48. The van der Waals surface area contributed by atoms with Crippen LogP contribution in [0, 0.1) is 23.2 Å². The van der Waals surface area contributed by atoms with Gasteiger partial charge in [0.25, 0.3) is 0 Å². The third-order valence-electron chi connectivity index (χ3n) is 5.98. The Morgan fingerprint density at radius 1 is 1.40 bits per heavy atom. The van der Waals surface area contributed by atoms with Crippen LogP contribution in [0.15, 0.2) is 0 Å². The second-order valence-electron chi connectivity index (χ2n) is 7.08. The topological polar surface area (TPSA) is 52.6 Å². The lowest BCUT2D eigenvalue weighted by Crippen LogP contribution is -2.48. The average molecular weight is 280 g/mol. The van der Waals surface area contributed by atoms with Crippen molar-refractivity contribution in [2.45, 2.75) is 65.1 Å². The lowest BCUT2D eigenvalue weighted by molar-refractivity contribution is -0.157. The number of ether oxygens (including phenoxy) is 2. The highest BCUT2D eigenvalue weighted by molar-refractivity contribution is 5.76. The van der Waals surface area contributed by atoms with E-state index in [0.29, 0.717) is 11.8 Å². The molecule has 0 bridgehead atoms. The number of esters is 2. The SMILES string of the molecule is CC(=O)OC1CCCC2CC3(C)C(C)OC(=O)C3CC21. The molecule has 2 saturated carbocycles. The first kappa shape index (κ1) is 13.9. The van der Waals surface area contributed by atoms with E-state index in [1.165, 1.54) is 13.3 Å². The van der Waals surface area contributed by atoms with Crippen molar-refractivity contribution >= 4 is 11.9 Å². The number of hydrogen-bond donors (Lipinski definition) is 0. The van der Waals surface area contributed by atoms with Gasteiger partial charge in [0.15, 0.2) is 0 Å². The summed E-state index contributed by atoms with van der Waals surface area (Å²) in [6.07, 6.45) is 5.09. The monoisotopic (exact) mass is 280 g/mol. The highest BCUT2D eigenvalue weighted by Gasteiger charge is 2.58. The molecule has 112 valence electrons.